The molecule has 1 unspecified atom stereocenters. The van der Waals surface area contributed by atoms with Crippen LogP contribution in [-0.4, -0.2) is 52.5 Å². The molecule has 0 saturated carbocycles. The Morgan fingerprint density at radius 1 is 1.09 bits per heavy atom. The molecule has 0 bridgehead atoms. The largest absolute Gasteiger partial charge is 0.369 e. The number of tetrazole rings is 1. The van der Waals surface area contributed by atoms with E-state index in [0.717, 1.165) is 11.1 Å². The molecule has 1 fully saturated rings. The fourth-order valence-corrected chi connectivity index (χ4v) is 5.29. The number of benzene rings is 2. The summed E-state index contributed by atoms with van der Waals surface area (Å²) in [6, 6.07) is 16.1. The lowest BCUT2D eigenvalue weighted by molar-refractivity contribution is -0.123. The number of carbonyl (C=O) groups excluding carboxylic acids is 1. The molecule has 4 rings (SSSR count). The van der Waals surface area contributed by atoms with Gasteiger partial charge in [0.25, 0.3) is 0 Å². The quantitative estimate of drug-likeness (QED) is 0.576. The molecule has 0 spiro atoms. The number of hydrogen-bond acceptors (Lipinski definition) is 7. The second kappa shape index (κ2) is 9.17. The number of nitrogens with zero attached hydrogens (tertiary/aromatic N) is 5. The van der Waals surface area contributed by atoms with Gasteiger partial charge in [-0.3, -0.25) is 9.69 Å². The van der Waals surface area contributed by atoms with Crippen LogP contribution in [0.3, 0.4) is 0 Å². The minimum Gasteiger partial charge on any atom is -0.369 e. The number of amides is 1. The Bertz CT molecular complexity index is 1170. The molecule has 3 aromatic rings. The number of aromatic nitrogens is 4. The van der Waals surface area contributed by atoms with Gasteiger partial charge >= 0.3 is 0 Å². The van der Waals surface area contributed by atoms with Crippen molar-refractivity contribution in [3.8, 4) is 0 Å². The van der Waals surface area contributed by atoms with Crippen LogP contribution in [0.25, 0.3) is 0 Å². The third-order valence-corrected chi connectivity index (χ3v) is 7.46. The van der Waals surface area contributed by atoms with Gasteiger partial charge in [0, 0.05) is 5.92 Å². The van der Waals surface area contributed by atoms with E-state index in [1.165, 1.54) is 4.68 Å². The van der Waals surface area contributed by atoms with E-state index in [0.29, 0.717) is 31.8 Å². The van der Waals surface area contributed by atoms with Crippen molar-refractivity contribution < 1.29 is 13.2 Å². The molecule has 2 N–H and O–H groups in total. The van der Waals surface area contributed by atoms with Crippen LogP contribution in [-0.2, 0) is 20.5 Å². The predicted molar refractivity (Wildman–Crippen MR) is 118 cm³/mol. The van der Waals surface area contributed by atoms with Crippen LogP contribution in [0.4, 0.5) is 0 Å². The van der Waals surface area contributed by atoms with Crippen LogP contribution in [0, 0.1) is 12.8 Å². The second-order valence-corrected chi connectivity index (χ2v) is 10.1. The Hall–Kier alpha value is -3.11. The van der Waals surface area contributed by atoms with E-state index < -0.39 is 9.84 Å². The highest BCUT2D eigenvalue weighted by atomic mass is 32.2. The summed E-state index contributed by atoms with van der Waals surface area (Å²) in [7, 11) is -3.65. The van der Waals surface area contributed by atoms with Crippen molar-refractivity contribution in [2.45, 2.75) is 36.6 Å². The van der Waals surface area contributed by atoms with Crippen LogP contribution in [0.1, 0.15) is 35.8 Å². The third-order valence-electron chi connectivity index (χ3n) is 5.89. The Morgan fingerprint density at radius 2 is 1.75 bits per heavy atom. The zero-order valence-electron chi connectivity index (χ0n) is 17.8. The average Bonchev–Trinajstić information content (AvgIpc) is 3.22. The van der Waals surface area contributed by atoms with Gasteiger partial charge in [0.15, 0.2) is 21.5 Å². The van der Waals surface area contributed by atoms with Gasteiger partial charge in [0.2, 0.25) is 5.91 Å². The maximum absolute atomic E-state index is 13.0. The van der Waals surface area contributed by atoms with Gasteiger partial charge in [0.1, 0.15) is 0 Å². The number of primary amides is 1. The number of carbonyl (C=O) groups is 1. The van der Waals surface area contributed by atoms with Crippen LogP contribution in [0.2, 0.25) is 0 Å². The number of likely N-dealkylation sites (tertiary alicyclic amines) is 1. The molecule has 1 amide bonds. The minimum absolute atomic E-state index is 0.152. The van der Waals surface area contributed by atoms with Crippen LogP contribution in [0.15, 0.2) is 59.5 Å². The van der Waals surface area contributed by atoms with E-state index in [2.05, 4.69) is 20.4 Å². The zero-order chi connectivity index (χ0) is 22.7. The summed E-state index contributed by atoms with van der Waals surface area (Å²) < 4.78 is 27.4. The molecule has 1 aliphatic heterocycles. The monoisotopic (exact) mass is 454 g/mol. The van der Waals surface area contributed by atoms with E-state index >= 15 is 0 Å². The van der Waals surface area contributed by atoms with Gasteiger partial charge < -0.3 is 5.73 Å². The lowest BCUT2D eigenvalue weighted by Crippen LogP contribution is -2.41. The number of aryl methyl sites for hydroxylation is 1. The zero-order valence-corrected chi connectivity index (χ0v) is 18.6. The van der Waals surface area contributed by atoms with Crippen molar-refractivity contribution in [1.29, 1.82) is 0 Å². The van der Waals surface area contributed by atoms with E-state index in [1.54, 1.807) is 24.3 Å². The van der Waals surface area contributed by atoms with Gasteiger partial charge in [-0.2, -0.15) is 0 Å². The first-order chi connectivity index (χ1) is 15.3. The number of piperidine rings is 1. The topological polar surface area (TPSA) is 124 Å². The molecule has 2 aromatic carbocycles. The summed E-state index contributed by atoms with van der Waals surface area (Å²) in [5.41, 5.74) is 7.43. The van der Waals surface area contributed by atoms with Crippen LogP contribution in [0.5, 0.6) is 0 Å². The van der Waals surface area contributed by atoms with Crippen LogP contribution < -0.4 is 5.73 Å². The van der Waals surface area contributed by atoms with Crippen molar-refractivity contribution in [2.75, 3.05) is 13.1 Å². The predicted octanol–water partition coefficient (Wildman–Crippen LogP) is 1.70. The Morgan fingerprint density at radius 3 is 2.38 bits per heavy atom. The molecule has 32 heavy (non-hydrogen) atoms. The van der Waals surface area contributed by atoms with E-state index in [-0.39, 0.29) is 28.6 Å². The van der Waals surface area contributed by atoms with Crippen molar-refractivity contribution in [3.05, 3.63) is 71.5 Å². The van der Waals surface area contributed by atoms with E-state index in [1.807, 2.05) is 37.3 Å². The van der Waals surface area contributed by atoms with Gasteiger partial charge in [0.05, 0.1) is 10.9 Å². The van der Waals surface area contributed by atoms with Crippen molar-refractivity contribution >= 4 is 15.7 Å². The number of nitrogens with two attached hydrogens (primary N) is 1. The first-order valence-electron chi connectivity index (χ1n) is 10.5. The molecule has 168 valence electrons. The summed E-state index contributed by atoms with van der Waals surface area (Å²) in [5, 5.41) is 12.0. The SMILES string of the molecule is Cc1ccc(S(=O)(=O)Cn2nnnc2C(c2ccccc2)N2CCC(C(N)=O)CC2)cc1. The van der Waals surface area contributed by atoms with E-state index in [4.69, 9.17) is 5.73 Å². The first kappa shape index (κ1) is 22.1. The highest BCUT2D eigenvalue weighted by molar-refractivity contribution is 7.90. The standard InChI is InChI=1S/C22H26N6O3S/c1-16-7-9-19(10-8-16)32(30,31)15-28-22(24-25-26-28)20(17-5-3-2-4-6-17)27-13-11-18(12-14-27)21(23)29/h2-10,18,20H,11-15H2,1H3,(H2,23,29). The molecule has 1 atom stereocenters. The lowest BCUT2D eigenvalue weighted by Gasteiger charge is -2.36. The third kappa shape index (κ3) is 4.71. The molecule has 0 aliphatic carbocycles. The minimum atomic E-state index is -3.65. The maximum Gasteiger partial charge on any atom is 0.220 e. The number of rotatable bonds is 7. The molecular weight excluding hydrogens is 428 g/mol. The van der Waals surface area contributed by atoms with Crippen molar-refractivity contribution in [1.82, 2.24) is 25.1 Å². The molecule has 1 saturated heterocycles. The van der Waals surface area contributed by atoms with Crippen LogP contribution >= 0.6 is 0 Å². The van der Waals surface area contributed by atoms with E-state index in [9.17, 15) is 13.2 Å². The summed E-state index contributed by atoms with van der Waals surface area (Å²) in [5.74, 6) is -0.348. The average molecular weight is 455 g/mol. The number of hydrogen-bond donors (Lipinski definition) is 1. The molecule has 1 aromatic heterocycles. The normalized spacial score (nSPS) is 16.7. The second-order valence-electron chi connectivity index (χ2n) is 8.12. The van der Waals surface area contributed by atoms with Crippen molar-refractivity contribution in [3.63, 3.8) is 0 Å². The molecule has 10 heteroatoms. The number of sulfone groups is 1. The molecule has 1 aliphatic rings. The molecule has 2 heterocycles. The first-order valence-corrected chi connectivity index (χ1v) is 12.1. The fraction of sp³-hybridized carbons (Fsp3) is 0.364. The molecule has 9 nitrogen and oxygen atoms in total. The van der Waals surface area contributed by atoms with Crippen molar-refractivity contribution in [2.24, 2.45) is 11.7 Å². The maximum atomic E-state index is 13.0. The summed E-state index contributed by atoms with van der Waals surface area (Å²) in [6.07, 6.45) is 1.28. The molecular formula is C22H26N6O3S. The Labute approximate surface area is 187 Å². The Balaban J connectivity index is 1.66. The Kier molecular flexibility index (Phi) is 6.33. The summed E-state index contributed by atoms with van der Waals surface area (Å²) in [4.78, 5) is 14.0. The van der Waals surface area contributed by atoms with Gasteiger partial charge in [-0.05, 0) is 61.0 Å². The fourth-order valence-electron chi connectivity index (χ4n) is 4.08. The smallest absolute Gasteiger partial charge is 0.220 e. The highest BCUT2D eigenvalue weighted by Gasteiger charge is 2.33. The summed E-state index contributed by atoms with van der Waals surface area (Å²) >= 11 is 0. The van der Waals surface area contributed by atoms with Gasteiger partial charge in [-0.25, -0.2) is 13.1 Å². The molecule has 0 radical (unpaired) electrons. The van der Waals surface area contributed by atoms with Gasteiger partial charge in [-0.1, -0.05) is 48.0 Å². The highest BCUT2D eigenvalue weighted by Crippen LogP contribution is 2.31. The van der Waals surface area contributed by atoms with Gasteiger partial charge in [-0.15, -0.1) is 5.10 Å². The summed E-state index contributed by atoms with van der Waals surface area (Å²) in [6.45, 7) is 3.16. The lowest BCUT2D eigenvalue weighted by atomic mass is 9.93.